The monoisotopic (exact) mass is 235 g/mol. The van der Waals surface area contributed by atoms with Crippen LogP contribution >= 0.6 is 0 Å². The van der Waals surface area contributed by atoms with E-state index in [2.05, 4.69) is 48.8 Å². The third-order valence-corrected chi connectivity index (χ3v) is 3.71. The Morgan fingerprint density at radius 3 is 2.82 bits per heavy atom. The van der Waals surface area contributed by atoms with Crippen LogP contribution in [0.3, 0.4) is 0 Å². The maximum atomic E-state index is 4.34. The maximum Gasteiger partial charge on any atom is 0.0950 e. The highest BCUT2D eigenvalue weighted by Crippen LogP contribution is 2.32. The minimum atomic E-state index is 0.507. The Hall–Kier alpha value is -0.830. The predicted octanol–water partition coefficient (Wildman–Crippen LogP) is 2.96. The first-order valence-electron chi connectivity index (χ1n) is 6.84. The Labute approximate surface area is 105 Å². The number of hydrogen-bond donors (Lipinski definition) is 1. The molecule has 2 atom stereocenters. The highest BCUT2D eigenvalue weighted by Gasteiger charge is 2.31. The maximum absolute atomic E-state index is 4.34. The number of nitrogens with one attached hydrogen (secondary N) is 1. The molecule has 0 saturated carbocycles. The Morgan fingerprint density at radius 1 is 1.41 bits per heavy atom. The fourth-order valence-corrected chi connectivity index (χ4v) is 2.91. The van der Waals surface area contributed by atoms with E-state index in [1.807, 2.05) is 6.33 Å². The van der Waals surface area contributed by atoms with Crippen LogP contribution in [0.25, 0.3) is 0 Å². The highest BCUT2D eigenvalue weighted by molar-refractivity contribution is 5.13. The molecule has 0 spiro atoms. The van der Waals surface area contributed by atoms with E-state index in [1.165, 1.54) is 18.5 Å². The van der Waals surface area contributed by atoms with E-state index in [0.717, 1.165) is 12.5 Å². The van der Waals surface area contributed by atoms with Gasteiger partial charge in [0.15, 0.2) is 0 Å². The van der Waals surface area contributed by atoms with Crippen molar-refractivity contribution in [2.75, 3.05) is 6.54 Å². The van der Waals surface area contributed by atoms with Crippen LogP contribution in [-0.2, 0) is 0 Å². The van der Waals surface area contributed by atoms with E-state index >= 15 is 0 Å². The van der Waals surface area contributed by atoms with Crippen LogP contribution in [0.4, 0.5) is 0 Å². The van der Waals surface area contributed by atoms with Gasteiger partial charge in [0.05, 0.1) is 6.33 Å². The van der Waals surface area contributed by atoms with Crippen molar-refractivity contribution in [2.45, 2.75) is 58.5 Å². The van der Waals surface area contributed by atoms with Gasteiger partial charge in [-0.1, -0.05) is 13.8 Å². The first kappa shape index (κ1) is 12.6. The summed E-state index contributed by atoms with van der Waals surface area (Å²) in [6.45, 7) is 10.2. The lowest BCUT2D eigenvalue weighted by molar-refractivity contribution is 0.416. The summed E-state index contributed by atoms with van der Waals surface area (Å²) in [6, 6.07) is 1.14. The van der Waals surface area contributed by atoms with Crippen molar-refractivity contribution < 1.29 is 0 Å². The molecule has 0 aromatic carbocycles. The van der Waals surface area contributed by atoms with Gasteiger partial charge >= 0.3 is 0 Å². The van der Waals surface area contributed by atoms with Gasteiger partial charge in [0.25, 0.3) is 0 Å². The number of imidazole rings is 1. The van der Waals surface area contributed by atoms with Crippen molar-refractivity contribution in [3.63, 3.8) is 0 Å². The van der Waals surface area contributed by atoms with Gasteiger partial charge in [-0.2, -0.15) is 0 Å². The molecule has 2 rings (SSSR count). The second-order valence-corrected chi connectivity index (χ2v) is 5.90. The van der Waals surface area contributed by atoms with Crippen LogP contribution < -0.4 is 5.32 Å². The zero-order valence-electron chi connectivity index (χ0n) is 11.5. The third kappa shape index (κ3) is 2.71. The van der Waals surface area contributed by atoms with Crippen LogP contribution in [0.5, 0.6) is 0 Å². The van der Waals surface area contributed by atoms with E-state index in [4.69, 9.17) is 0 Å². The summed E-state index contributed by atoms with van der Waals surface area (Å²) < 4.78 is 2.32. The molecule has 1 fully saturated rings. The normalized spacial score (nSPS) is 25.1. The molecule has 2 heterocycles. The van der Waals surface area contributed by atoms with Gasteiger partial charge < -0.3 is 9.88 Å². The largest absolute Gasteiger partial charge is 0.332 e. The summed E-state index contributed by atoms with van der Waals surface area (Å²) in [6.07, 6.45) is 6.54. The SMILES string of the molecule is CC(C)CC1NCCC1c1cncn1C(C)C. The molecule has 96 valence electrons. The van der Waals surface area contributed by atoms with Gasteiger partial charge in [-0.05, 0) is 39.2 Å². The van der Waals surface area contributed by atoms with E-state index in [0.29, 0.717) is 18.0 Å². The second kappa shape index (κ2) is 5.21. The van der Waals surface area contributed by atoms with Crippen molar-refractivity contribution in [1.82, 2.24) is 14.9 Å². The number of aromatic nitrogens is 2. The summed E-state index contributed by atoms with van der Waals surface area (Å²) in [5.74, 6) is 1.39. The molecule has 0 radical (unpaired) electrons. The van der Waals surface area contributed by atoms with Gasteiger partial charge in [0, 0.05) is 29.9 Å². The Kier molecular flexibility index (Phi) is 3.87. The lowest BCUT2D eigenvalue weighted by Crippen LogP contribution is -2.28. The molecule has 2 unspecified atom stereocenters. The molecule has 1 N–H and O–H groups in total. The van der Waals surface area contributed by atoms with E-state index in [-0.39, 0.29) is 0 Å². The summed E-state index contributed by atoms with van der Waals surface area (Å²) in [5, 5.41) is 3.65. The van der Waals surface area contributed by atoms with Gasteiger partial charge in [-0.15, -0.1) is 0 Å². The predicted molar refractivity (Wildman–Crippen MR) is 71.2 cm³/mol. The average Bonchev–Trinajstić information content (AvgIpc) is 2.82. The van der Waals surface area contributed by atoms with Crippen LogP contribution in [-0.4, -0.2) is 22.1 Å². The van der Waals surface area contributed by atoms with E-state index in [9.17, 15) is 0 Å². The minimum absolute atomic E-state index is 0.507. The van der Waals surface area contributed by atoms with Crippen molar-refractivity contribution in [2.24, 2.45) is 5.92 Å². The average molecular weight is 235 g/mol. The van der Waals surface area contributed by atoms with Crippen LogP contribution in [0.1, 0.15) is 58.2 Å². The molecule has 0 amide bonds. The molecular formula is C14H25N3. The fourth-order valence-electron chi connectivity index (χ4n) is 2.91. The summed E-state index contributed by atoms with van der Waals surface area (Å²) >= 11 is 0. The summed E-state index contributed by atoms with van der Waals surface area (Å²) in [5.41, 5.74) is 1.41. The van der Waals surface area contributed by atoms with Crippen LogP contribution in [0.2, 0.25) is 0 Å². The first-order chi connectivity index (χ1) is 8.09. The molecule has 17 heavy (non-hydrogen) atoms. The second-order valence-electron chi connectivity index (χ2n) is 5.90. The molecule has 1 aromatic rings. The van der Waals surface area contributed by atoms with Gasteiger partial charge in [0.1, 0.15) is 0 Å². The highest BCUT2D eigenvalue weighted by atomic mass is 15.1. The smallest absolute Gasteiger partial charge is 0.0950 e. The Morgan fingerprint density at radius 2 is 2.18 bits per heavy atom. The standard InChI is InChI=1S/C14H25N3/c1-10(2)7-13-12(5-6-16-13)14-8-15-9-17(14)11(3)4/h8-13,16H,5-7H2,1-4H3. The summed E-state index contributed by atoms with van der Waals surface area (Å²) in [7, 11) is 0. The number of nitrogens with zero attached hydrogens (tertiary/aromatic N) is 2. The Bertz CT molecular complexity index is 354. The molecule has 1 aromatic heterocycles. The van der Waals surface area contributed by atoms with Crippen molar-refractivity contribution in [3.8, 4) is 0 Å². The van der Waals surface area contributed by atoms with Crippen molar-refractivity contribution in [1.29, 1.82) is 0 Å². The third-order valence-electron chi connectivity index (χ3n) is 3.71. The van der Waals surface area contributed by atoms with E-state index in [1.54, 1.807) is 0 Å². The topological polar surface area (TPSA) is 29.9 Å². The fraction of sp³-hybridized carbons (Fsp3) is 0.786. The molecular weight excluding hydrogens is 210 g/mol. The van der Waals surface area contributed by atoms with Crippen LogP contribution in [0, 0.1) is 5.92 Å². The van der Waals surface area contributed by atoms with Gasteiger partial charge in [-0.25, -0.2) is 4.98 Å². The molecule has 0 aliphatic carbocycles. The molecule has 3 heteroatoms. The van der Waals surface area contributed by atoms with Gasteiger partial charge in [0.2, 0.25) is 0 Å². The van der Waals surface area contributed by atoms with Gasteiger partial charge in [-0.3, -0.25) is 0 Å². The van der Waals surface area contributed by atoms with Crippen LogP contribution in [0.15, 0.2) is 12.5 Å². The van der Waals surface area contributed by atoms with Crippen molar-refractivity contribution in [3.05, 3.63) is 18.2 Å². The molecule has 0 bridgehead atoms. The molecule has 3 nitrogen and oxygen atoms in total. The van der Waals surface area contributed by atoms with Crippen molar-refractivity contribution >= 4 is 0 Å². The lowest BCUT2D eigenvalue weighted by Gasteiger charge is -2.23. The minimum Gasteiger partial charge on any atom is -0.332 e. The number of hydrogen-bond acceptors (Lipinski definition) is 2. The zero-order valence-corrected chi connectivity index (χ0v) is 11.5. The molecule has 1 aliphatic heterocycles. The first-order valence-corrected chi connectivity index (χ1v) is 6.84. The Balaban J connectivity index is 2.17. The zero-order chi connectivity index (χ0) is 12.4. The lowest BCUT2D eigenvalue weighted by atomic mass is 9.90. The number of rotatable bonds is 4. The summed E-state index contributed by atoms with van der Waals surface area (Å²) in [4.78, 5) is 4.34. The molecule has 1 saturated heterocycles. The van der Waals surface area contributed by atoms with E-state index < -0.39 is 0 Å². The quantitative estimate of drug-likeness (QED) is 0.869. The molecule has 1 aliphatic rings.